The maximum atomic E-state index is 12.3. The summed E-state index contributed by atoms with van der Waals surface area (Å²) in [7, 11) is 3.62. The zero-order valence-corrected chi connectivity index (χ0v) is 15.1. The Labute approximate surface area is 136 Å². The summed E-state index contributed by atoms with van der Waals surface area (Å²) in [5.74, 6) is 0.636. The third kappa shape index (κ3) is 5.40. The number of likely N-dealkylation sites (N-methyl/N-ethyl adjacent to an activating group) is 1. The molecule has 2 unspecified atom stereocenters. The normalized spacial score (nSPS) is 14.2. The molecule has 0 heterocycles. The minimum absolute atomic E-state index is 0.126. The van der Waals surface area contributed by atoms with Crippen molar-refractivity contribution in [3.8, 4) is 0 Å². The summed E-state index contributed by atoms with van der Waals surface area (Å²) in [5, 5.41) is 3.47. The summed E-state index contributed by atoms with van der Waals surface area (Å²) in [6, 6.07) is 8.47. The van der Waals surface area contributed by atoms with Crippen molar-refractivity contribution in [1.82, 2.24) is 10.2 Å². The lowest BCUT2D eigenvalue weighted by molar-refractivity contribution is -0.131. The molecular formula is C16H25IN2O. The van der Waals surface area contributed by atoms with E-state index in [1.54, 1.807) is 4.90 Å². The Bertz CT molecular complexity index is 429. The van der Waals surface area contributed by atoms with Gasteiger partial charge in [-0.05, 0) is 59.5 Å². The van der Waals surface area contributed by atoms with Crippen LogP contribution in [0.2, 0.25) is 0 Å². The van der Waals surface area contributed by atoms with E-state index in [1.165, 1.54) is 9.13 Å². The average molecular weight is 388 g/mol. The van der Waals surface area contributed by atoms with Crippen LogP contribution in [0.3, 0.4) is 0 Å². The van der Waals surface area contributed by atoms with Crippen molar-refractivity contribution < 1.29 is 4.79 Å². The smallest absolute Gasteiger partial charge is 0.239 e. The molecule has 1 N–H and O–H groups in total. The van der Waals surface area contributed by atoms with Gasteiger partial charge in [-0.1, -0.05) is 26.0 Å². The van der Waals surface area contributed by atoms with E-state index >= 15 is 0 Å². The molecule has 3 nitrogen and oxygen atoms in total. The zero-order valence-electron chi connectivity index (χ0n) is 13.0. The Morgan fingerprint density at radius 3 is 2.20 bits per heavy atom. The van der Waals surface area contributed by atoms with Gasteiger partial charge >= 0.3 is 0 Å². The summed E-state index contributed by atoms with van der Waals surface area (Å²) in [5.41, 5.74) is 1.21. The number of amides is 1. The van der Waals surface area contributed by atoms with Crippen LogP contribution in [0.1, 0.15) is 38.8 Å². The number of carbonyl (C=O) groups is 1. The molecule has 1 rings (SSSR count). The maximum Gasteiger partial charge on any atom is 0.239 e. The van der Waals surface area contributed by atoms with Gasteiger partial charge in [-0.25, -0.2) is 0 Å². The van der Waals surface area contributed by atoms with Crippen molar-refractivity contribution in [1.29, 1.82) is 0 Å². The molecule has 20 heavy (non-hydrogen) atoms. The lowest BCUT2D eigenvalue weighted by Crippen LogP contribution is -2.45. The van der Waals surface area contributed by atoms with E-state index < -0.39 is 0 Å². The van der Waals surface area contributed by atoms with Crippen LogP contribution in [0.4, 0.5) is 0 Å². The number of nitrogens with one attached hydrogen (secondary N) is 1. The van der Waals surface area contributed by atoms with Gasteiger partial charge in [-0.2, -0.15) is 0 Å². The fourth-order valence-corrected chi connectivity index (χ4v) is 2.53. The summed E-state index contributed by atoms with van der Waals surface area (Å²) >= 11 is 2.30. The SMILES string of the molecule is CC(C)CC(NC(C)c1ccc(I)cc1)C(=O)N(C)C. The van der Waals surface area contributed by atoms with Crippen molar-refractivity contribution in [3.63, 3.8) is 0 Å². The van der Waals surface area contributed by atoms with E-state index in [9.17, 15) is 4.79 Å². The lowest BCUT2D eigenvalue weighted by atomic mass is 10.0. The molecule has 0 bridgehead atoms. The molecule has 0 saturated heterocycles. The molecule has 0 spiro atoms. The first-order valence-corrected chi connectivity index (χ1v) is 8.11. The molecule has 112 valence electrons. The minimum atomic E-state index is -0.126. The predicted molar refractivity (Wildman–Crippen MR) is 92.6 cm³/mol. The third-order valence-electron chi connectivity index (χ3n) is 3.27. The number of rotatable bonds is 6. The van der Waals surface area contributed by atoms with Crippen molar-refractivity contribution in [2.24, 2.45) is 5.92 Å². The van der Waals surface area contributed by atoms with E-state index in [-0.39, 0.29) is 18.0 Å². The van der Waals surface area contributed by atoms with Crippen molar-refractivity contribution >= 4 is 28.5 Å². The second kappa shape index (κ2) is 7.98. The third-order valence-corrected chi connectivity index (χ3v) is 3.99. The van der Waals surface area contributed by atoms with Gasteiger partial charge in [-0.3, -0.25) is 10.1 Å². The Morgan fingerprint density at radius 1 is 1.20 bits per heavy atom. The van der Waals surface area contributed by atoms with Gasteiger partial charge in [0.25, 0.3) is 0 Å². The number of halogens is 1. The van der Waals surface area contributed by atoms with Gasteiger partial charge < -0.3 is 4.90 Å². The van der Waals surface area contributed by atoms with Crippen LogP contribution in [0.25, 0.3) is 0 Å². The molecule has 0 aliphatic heterocycles. The molecule has 2 atom stereocenters. The highest BCUT2D eigenvalue weighted by atomic mass is 127. The van der Waals surface area contributed by atoms with Crippen molar-refractivity contribution in [3.05, 3.63) is 33.4 Å². The minimum Gasteiger partial charge on any atom is -0.347 e. The number of hydrogen-bond donors (Lipinski definition) is 1. The van der Waals surface area contributed by atoms with Crippen LogP contribution in [0.15, 0.2) is 24.3 Å². The van der Waals surface area contributed by atoms with E-state index in [0.29, 0.717) is 5.92 Å². The Balaban J connectivity index is 2.78. The van der Waals surface area contributed by atoms with Crippen LogP contribution < -0.4 is 5.32 Å². The monoisotopic (exact) mass is 388 g/mol. The van der Waals surface area contributed by atoms with E-state index in [2.05, 4.69) is 72.9 Å². The molecule has 4 heteroatoms. The Hall–Kier alpha value is -0.620. The second-order valence-corrected chi connectivity index (χ2v) is 7.10. The molecule has 0 fully saturated rings. The summed E-state index contributed by atoms with van der Waals surface area (Å²) in [6.45, 7) is 6.40. The maximum absolute atomic E-state index is 12.3. The molecular weight excluding hydrogens is 363 g/mol. The van der Waals surface area contributed by atoms with Crippen LogP contribution in [0.5, 0.6) is 0 Å². The van der Waals surface area contributed by atoms with Gasteiger partial charge in [0.05, 0.1) is 6.04 Å². The summed E-state index contributed by atoms with van der Waals surface area (Å²) in [6.07, 6.45) is 0.853. The highest BCUT2D eigenvalue weighted by Gasteiger charge is 2.23. The molecule has 0 aliphatic rings. The zero-order chi connectivity index (χ0) is 15.3. The standard InChI is InChI=1S/C16H25IN2O/c1-11(2)10-15(16(20)19(4)5)18-12(3)13-6-8-14(17)9-7-13/h6-9,11-12,15,18H,10H2,1-5H3. The molecule has 0 aromatic heterocycles. The topological polar surface area (TPSA) is 32.3 Å². The van der Waals surface area contributed by atoms with E-state index in [0.717, 1.165) is 6.42 Å². The van der Waals surface area contributed by atoms with Gasteiger partial charge in [0, 0.05) is 23.7 Å². The van der Waals surface area contributed by atoms with E-state index in [4.69, 9.17) is 0 Å². The quantitative estimate of drug-likeness (QED) is 0.758. The number of nitrogens with zero attached hydrogens (tertiary/aromatic N) is 1. The largest absolute Gasteiger partial charge is 0.347 e. The van der Waals surface area contributed by atoms with Crippen LogP contribution in [0, 0.1) is 9.49 Å². The van der Waals surface area contributed by atoms with Crippen molar-refractivity contribution in [2.75, 3.05) is 14.1 Å². The van der Waals surface area contributed by atoms with Crippen molar-refractivity contribution in [2.45, 2.75) is 39.3 Å². The van der Waals surface area contributed by atoms with E-state index in [1.807, 2.05) is 14.1 Å². The molecule has 1 aromatic rings. The number of benzene rings is 1. The van der Waals surface area contributed by atoms with Crippen LogP contribution in [-0.4, -0.2) is 30.9 Å². The van der Waals surface area contributed by atoms with Gasteiger partial charge in [0.15, 0.2) is 0 Å². The fourth-order valence-electron chi connectivity index (χ4n) is 2.17. The molecule has 1 aromatic carbocycles. The number of carbonyl (C=O) groups excluding carboxylic acids is 1. The first-order chi connectivity index (χ1) is 9.31. The van der Waals surface area contributed by atoms with Gasteiger partial charge in [-0.15, -0.1) is 0 Å². The Morgan fingerprint density at radius 2 is 1.75 bits per heavy atom. The average Bonchev–Trinajstić information content (AvgIpc) is 2.37. The molecule has 1 amide bonds. The highest BCUT2D eigenvalue weighted by molar-refractivity contribution is 14.1. The molecule has 0 saturated carbocycles. The fraction of sp³-hybridized carbons (Fsp3) is 0.562. The summed E-state index contributed by atoms with van der Waals surface area (Å²) in [4.78, 5) is 13.9. The second-order valence-electron chi connectivity index (χ2n) is 5.85. The molecule has 0 aliphatic carbocycles. The first-order valence-electron chi connectivity index (χ1n) is 7.04. The molecule has 0 radical (unpaired) electrons. The van der Waals surface area contributed by atoms with Gasteiger partial charge in [0.1, 0.15) is 0 Å². The van der Waals surface area contributed by atoms with Gasteiger partial charge in [0.2, 0.25) is 5.91 Å². The van der Waals surface area contributed by atoms with Crippen LogP contribution in [-0.2, 0) is 4.79 Å². The lowest BCUT2D eigenvalue weighted by Gasteiger charge is -2.26. The summed E-state index contributed by atoms with van der Waals surface area (Å²) < 4.78 is 1.22. The number of hydrogen-bond acceptors (Lipinski definition) is 2. The van der Waals surface area contributed by atoms with Crippen LogP contribution >= 0.6 is 22.6 Å². The highest BCUT2D eigenvalue weighted by Crippen LogP contribution is 2.17. The Kier molecular flexibility index (Phi) is 6.95. The predicted octanol–water partition coefficient (Wildman–Crippen LogP) is 3.44. The first kappa shape index (κ1) is 17.4.